The normalized spacial score (nSPS) is 20.3. The summed E-state index contributed by atoms with van der Waals surface area (Å²) in [5.41, 5.74) is 5.59. The topological polar surface area (TPSA) is 84.6 Å². The number of nitrogens with one attached hydrogen (secondary N) is 1. The van der Waals surface area contributed by atoms with Crippen molar-refractivity contribution in [3.8, 4) is 0 Å². The van der Waals surface area contributed by atoms with Gasteiger partial charge in [-0.1, -0.05) is 60.7 Å². The summed E-state index contributed by atoms with van der Waals surface area (Å²) in [6, 6.07) is 26.0. The van der Waals surface area contributed by atoms with Gasteiger partial charge in [-0.3, -0.25) is 14.9 Å². The summed E-state index contributed by atoms with van der Waals surface area (Å²) in [6.45, 7) is 0. The molecule has 0 aromatic heterocycles. The Morgan fingerprint density at radius 2 is 1.38 bits per heavy atom. The zero-order valence-electron chi connectivity index (χ0n) is 15.5. The van der Waals surface area contributed by atoms with Crippen LogP contribution in [-0.4, -0.2) is 17.0 Å². The van der Waals surface area contributed by atoms with Crippen molar-refractivity contribution >= 4 is 17.8 Å². The Bertz CT molecular complexity index is 988. The number of carbonyl (C=O) groups is 1. The lowest BCUT2D eigenvalue weighted by Crippen LogP contribution is -2.20. The molecule has 1 N–H and O–H groups in total. The van der Waals surface area contributed by atoms with Crippen LogP contribution in [0.15, 0.2) is 90.0 Å². The molecule has 6 heteroatoms. The van der Waals surface area contributed by atoms with Crippen LogP contribution in [0.2, 0.25) is 0 Å². The number of rotatable bonds is 6. The number of non-ortho nitro benzene ring substituents is 1. The van der Waals surface area contributed by atoms with Gasteiger partial charge in [0.1, 0.15) is 0 Å². The van der Waals surface area contributed by atoms with E-state index >= 15 is 0 Å². The van der Waals surface area contributed by atoms with E-state index in [0.717, 1.165) is 11.1 Å². The molecule has 0 spiro atoms. The molecule has 3 atom stereocenters. The first kappa shape index (κ1) is 18.6. The lowest BCUT2D eigenvalue weighted by Gasteiger charge is -2.00. The highest BCUT2D eigenvalue weighted by molar-refractivity contribution is 5.87. The van der Waals surface area contributed by atoms with Gasteiger partial charge in [0.05, 0.1) is 17.1 Å². The van der Waals surface area contributed by atoms with Crippen LogP contribution in [0.25, 0.3) is 0 Å². The monoisotopic (exact) mass is 385 g/mol. The minimum atomic E-state index is -0.455. The third-order valence-corrected chi connectivity index (χ3v) is 5.18. The highest BCUT2D eigenvalue weighted by atomic mass is 16.6. The molecule has 0 saturated heterocycles. The van der Waals surface area contributed by atoms with Crippen LogP contribution in [0.4, 0.5) is 5.69 Å². The van der Waals surface area contributed by atoms with Crippen molar-refractivity contribution in [3.05, 3.63) is 112 Å². The molecule has 29 heavy (non-hydrogen) atoms. The predicted molar refractivity (Wildman–Crippen MR) is 111 cm³/mol. The van der Waals surface area contributed by atoms with E-state index in [1.165, 1.54) is 18.3 Å². The first-order chi connectivity index (χ1) is 14.1. The third kappa shape index (κ3) is 4.06. The molecule has 0 aliphatic heterocycles. The molecule has 4 rings (SSSR count). The highest BCUT2D eigenvalue weighted by Crippen LogP contribution is 2.60. The highest BCUT2D eigenvalue weighted by Gasteiger charge is 2.55. The van der Waals surface area contributed by atoms with Crippen molar-refractivity contribution < 1.29 is 9.72 Å². The molecule has 1 aliphatic carbocycles. The molecular formula is C23H19N3O3. The fraction of sp³-hybridized carbons (Fsp3) is 0.130. The van der Waals surface area contributed by atoms with Crippen LogP contribution >= 0.6 is 0 Å². The number of carbonyl (C=O) groups excluding carboxylic acids is 1. The van der Waals surface area contributed by atoms with E-state index in [1.54, 1.807) is 12.1 Å². The second kappa shape index (κ2) is 8.06. The molecular weight excluding hydrogens is 366 g/mol. The summed E-state index contributed by atoms with van der Waals surface area (Å²) in [7, 11) is 0. The molecule has 3 aromatic rings. The first-order valence-electron chi connectivity index (χ1n) is 9.32. The zero-order valence-corrected chi connectivity index (χ0v) is 15.5. The van der Waals surface area contributed by atoms with Crippen LogP contribution in [0, 0.1) is 16.0 Å². The van der Waals surface area contributed by atoms with Gasteiger partial charge < -0.3 is 0 Å². The number of nitro groups is 1. The molecule has 1 fully saturated rings. The Labute approximate surface area is 168 Å². The summed E-state index contributed by atoms with van der Waals surface area (Å²) < 4.78 is 0. The minimum absolute atomic E-state index is 0.0144. The SMILES string of the molecule is O=C(N/N=C\c1ccc([N+](=O)[O-])cc1)C1[C@@H](c2ccccc2)[C@H]1c1ccccc1. The average Bonchev–Trinajstić information content (AvgIpc) is 3.51. The van der Waals surface area contributed by atoms with E-state index < -0.39 is 4.92 Å². The van der Waals surface area contributed by atoms with Gasteiger partial charge in [-0.05, 0) is 28.8 Å². The number of hydrogen-bond acceptors (Lipinski definition) is 4. The van der Waals surface area contributed by atoms with Crippen LogP contribution in [0.1, 0.15) is 28.5 Å². The van der Waals surface area contributed by atoms with E-state index in [1.807, 2.05) is 60.7 Å². The maximum atomic E-state index is 12.8. The van der Waals surface area contributed by atoms with E-state index in [4.69, 9.17) is 0 Å². The fourth-order valence-corrected chi connectivity index (χ4v) is 3.74. The number of nitrogens with zero attached hydrogens (tertiary/aromatic N) is 2. The van der Waals surface area contributed by atoms with Crippen molar-refractivity contribution in [2.75, 3.05) is 0 Å². The van der Waals surface area contributed by atoms with Crippen LogP contribution in [-0.2, 0) is 4.79 Å². The van der Waals surface area contributed by atoms with Crippen LogP contribution in [0.5, 0.6) is 0 Å². The van der Waals surface area contributed by atoms with E-state index in [2.05, 4.69) is 10.5 Å². The summed E-state index contributed by atoms with van der Waals surface area (Å²) in [5.74, 6) is -0.0824. The molecule has 6 nitrogen and oxygen atoms in total. The Kier molecular flexibility index (Phi) is 5.16. The smallest absolute Gasteiger partial charge is 0.269 e. The van der Waals surface area contributed by atoms with Gasteiger partial charge >= 0.3 is 0 Å². The number of hydrogen-bond donors (Lipinski definition) is 1. The maximum absolute atomic E-state index is 12.8. The maximum Gasteiger partial charge on any atom is 0.269 e. The van der Waals surface area contributed by atoms with E-state index in [9.17, 15) is 14.9 Å². The van der Waals surface area contributed by atoms with Crippen molar-refractivity contribution in [1.29, 1.82) is 0 Å². The quantitative estimate of drug-likeness (QED) is 0.391. The van der Waals surface area contributed by atoms with Gasteiger partial charge in [0.25, 0.3) is 5.69 Å². The first-order valence-corrected chi connectivity index (χ1v) is 9.32. The minimum Gasteiger partial charge on any atom is -0.273 e. The van der Waals surface area contributed by atoms with Gasteiger partial charge in [0.15, 0.2) is 0 Å². The Hall–Kier alpha value is -3.80. The molecule has 0 radical (unpaired) electrons. The van der Waals surface area contributed by atoms with Gasteiger partial charge in [-0.25, -0.2) is 5.43 Å². The zero-order chi connectivity index (χ0) is 20.2. The Balaban J connectivity index is 1.47. The summed E-state index contributed by atoms with van der Waals surface area (Å²) >= 11 is 0. The van der Waals surface area contributed by atoms with Crippen molar-refractivity contribution in [2.45, 2.75) is 11.8 Å². The third-order valence-electron chi connectivity index (χ3n) is 5.18. The number of hydrazone groups is 1. The number of amides is 1. The van der Waals surface area contributed by atoms with E-state index in [0.29, 0.717) is 5.56 Å². The van der Waals surface area contributed by atoms with Gasteiger partial charge in [0.2, 0.25) is 5.91 Å². The summed E-state index contributed by atoms with van der Waals surface area (Å²) in [4.78, 5) is 23.0. The molecule has 1 aliphatic rings. The number of benzene rings is 3. The lowest BCUT2D eigenvalue weighted by molar-refractivity contribution is -0.384. The average molecular weight is 385 g/mol. The molecule has 1 unspecified atom stereocenters. The van der Waals surface area contributed by atoms with Gasteiger partial charge in [-0.2, -0.15) is 5.10 Å². The Morgan fingerprint density at radius 3 is 1.86 bits per heavy atom. The predicted octanol–water partition coefficient (Wildman–Crippen LogP) is 4.24. The molecule has 144 valence electrons. The van der Waals surface area contributed by atoms with Crippen molar-refractivity contribution in [3.63, 3.8) is 0 Å². The van der Waals surface area contributed by atoms with Gasteiger partial charge in [-0.15, -0.1) is 0 Å². The van der Waals surface area contributed by atoms with Crippen molar-refractivity contribution in [1.82, 2.24) is 5.43 Å². The standard InChI is InChI=1S/C23H19N3O3/c27-23(25-24-15-16-11-13-19(14-12-16)26(28)29)22-20(17-7-3-1-4-8-17)21(22)18-9-5-2-6-10-18/h1-15,20-22H,(H,25,27)/b24-15-/t20-,21+,22?. The largest absolute Gasteiger partial charge is 0.273 e. The summed E-state index contributed by atoms with van der Waals surface area (Å²) in [6.07, 6.45) is 1.49. The van der Waals surface area contributed by atoms with E-state index in [-0.39, 0.29) is 29.3 Å². The van der Waals surface area contributed by atoms with Crippen molar-refractivity contribution in [2.24, 2.45) is 11.0 Å². The number of nitro benzene ring substituents is 1. The molecule has 3 aromatic carbocycles. The fourth-order valence-electron chi connectivity index (χ4n) is 3.74. The molecule has 0 heterocycles. The lowest BCUT2D eigenvalue weighted by atomic mass is 10.0. The van der Waals surface area contributed by atoms with Gasteiger partial charge in [0, 0.05) is 24.0 Å². The molecule has 1 saturated carbocycles. The second-order valence-corrected chi connectivity index (χ2v) is 6.98. The molecule has 1 amide bonds. The van der Waals surface area contributed by atoms with Crippen LogP contribution in [0.3, 0.4) is 0 Å². The Morgan fingerprint density at radius 1 is 0.862 bits per heavy atom. The summed E-state index contributed by atoms with van der Waals surface area (Å²) in [5, 5.41) is 14.7. The second-order valence-electron chi connectivity index (χ2n) is 6.98. The van der Waals surface area contributed by atoms with Crippen LogP contribution < -0.4 is 5.43 Å². The molecule has 0 bridgehead atoms.